The van der Waals surface area contributed by atoms with Crippen LogP contribution in [0.1, 0.15) is 12.2 Å². The first-order valence-electron chi connectivity index (χ1n) is 5.72. The van der Waals surface area contributed by atoms with Gasteiger partial charge in [-0.1, -0.05) is 0 Å². The van der Waals surface area contributed by atoms with Crippen LogP contribution in [0.3, 0.4) is 0 Å². The summed E-state index contributed by atoms with van der Waals surface area (Å²) in [4.78, 5) is 15.3. The average molecular weight is 249 g/mol. The Labute approximate surface area is 105 Å². The predicted molar refractivity (Wildman–Crippen MR) is 64.0 cm³/mol. The highest BCUT2D eigenvalue weighted by molar-refractivity contribution is 5.76. The van der Waals surface area contributed by atoms with Crippen LogP contribution in [0.4, 0.5) is 4.79 Å². The summed E-state index contributed by atoms with van der Waals surface area (Å²) in [5.41, 5.74) is 0. The van der Waals surface area contributed by atoms with Crippen LogP contribution in [0.2, 0.25) is 0 Å². The lowest BCUT2D eigenvalue weighted by Crippen LogP contribution is -2.29. The van der Waals surface area contributed by atoms with Gasteiger partial charge in [-0.2, -0.15) is 0 Å². The molecule has 0 aliphatic heterocycles. The number of rotatable bonds is 6. The summed E-state index contributed by atoms with van der Waals surface area (Å²) >= 11 is 0. The monoisotopic (exact) mass is 249 g/mol. The van der Waals surface area contributed by atoms with Gasteiger partial charge in [-0.3, -0.25) is 4.57 Å². The van der Waals surface area contributed by atoms with E-state index in [1.54, 1.807) is 18.7 Å². The molecule has 0 fully saturated rings. The molecule has 0 atom stereocenters. The van der Waals surface area contributed by atoms with Crippen LogP contribution in [0, 0.1) is 0 Å². The van der Waals surface area contributed by atoms with E-state index in [0.717, 1.165) is 12.2 Å². The number of ether oxygens (including phenoxy) is 1. The second kappa shape index (κ2) is 6.61. The number of nitrogens with zero attached hydrogens (tertiary/aromatic N) is 2. The average Bonchev–Trinajstić information content (AvgIpc) is 3.05. The maximum atomic E-state index is 11.5. The molecule has 0 unspecified atom stereocenters. The predicted octanol–water partition coefficient (Wildman–Crippen LogP) is 1.64. The third kappa shape index (κ3) is 3.74. The Morgan fingerprint density at radius 2 is 2.50 bits per heavy atom. The highest BCUT2D eigenvalue weighted by Crippen LogP contribution is 2.01. The summed E-state index contributed by atoms with van der Waals surface area (Å²) in [5.74, 6) is 0.803. The highest BCUT2D eigenvalue weighted by Gasteiger charge is 2.01. The van der Waals surface area contributed by atoms with E-state index < -0.39 is 0 Å². The van der Waals surface area contributed by atoms with Crippen molar-refractivity contribution in [1.82, 2.24) is 14.9 Å². The van der Waals surface area contributed by atoms with Crippen molar-refractivity contribution in [2.45, 2.75) is 13.0 Å². The second-order valence-electron chi connectivity index (χ2n) is 3.69. The molecule has 1 N–H and O–H groups in total. The largest absolute Gasteiger partial charge is 0.467 e. The summed E-state index contributed by atoms with van der Waals surface area (Å²) in [6.07, 6.45) is 6.99. The van der Waals surface area contributed by atoms with Gasteiger partial charge in [0.25, 0.3) is 0 Å². The summed E-state index contributed by atoms with van der Waals surface area (Å²) in [6, 6.07) is 3.50. The molecule has 0 spiro atoms. The maximum Gasteiger partial charge on any atom is 0.326 e. The summed E-state index contributed by atoms with van der Waals surface area (Å²) in [5, 5.41) is 2.76. The third-order valence-electron chi connectivity index (χ3n) is 2.31. The maximum absolute atomic E-state index is 11.5. The van der Waals surface area contributed by atoms with Gasteiger partial charge < -0.3 is 14.5 Å². The number of nitrogens with one attached hydrogen (secondary N) is 1. The van der Waals surface area contributed by atoms with Crippen molar-refractivity contribution in [2.24, 2.45) is 0 Å². The van der Waals surface area contributed by atoms with E-state index in [1.807, 2.05) is 12.1 Å². The topological polar surface area (TPSA) is 69.3 Å². The first-order chi connectivity index (χ1) is 8.86. The van der Waals surface area contributed by atoms with Crippen molar-refractivity contribution in [3.8, 4) is 0 Å². The zero-order chi connectivity index (χ0) is 12.6. The molecule has 0 aliphatic rings. The van der Waals surface area contributed by atoms with Crippen LogP contribution < -0.4 is 5.32 Å². The quantitative estimate of drug-likeness (QED) is 0.790. The van der Waals surface area contributed by atoms with Crippen molar-refractivity contribution in [2.75, 3.05) is 13.2 Å². The first kappa shape index (κ1) is 12.4. The van der Waals surface area contributed by atoms with Crippen LogP contribution in [0.5, 0.6) is 0 Å². The Hall–Kier alpha value is -2.08. The standard InChI is InChI=1S/C12H15N3O3/c16-12(15-6-5-13-10-15)14-4-2-7-17-9-11-3-1-8-18-11/h1,3,5-6,8,10H,2,4,7,9H2,(H,14,16). The smallest absolute Gasteiger partial charge is 0.326 e. The fourth-order valence-corrected chi connectivity index (χ4v) is 1.41. The molecule has 2 heterocycles. The van der Waals surface area contributed by atoms with Crippen molar-refractivity contribution in [3.05, 3.63) is 42.9 Å². The van der Waals surface area contributed by atoms with Gasteiger partial charge in [-0.25, -0.2) is 9.78 Å². The molecule has 6 heteroatoms. The van der Waals surface area contributed by atoms with Gasteiger partial charge in [0, 0.05) is 25.5 Å². The number of furan rings is 1. The number of carbonyl (C=O) groups excluding carboxylic acids is 1. The van der Waals surface area contributed by atoms with E-state index in [4.69, 9.17) is 9.15 Å². The molecule has 6 nitrogen and oxygen atoms in total. The first-order valence-corrected chi connectivity index (χ1v) is 5.72. The minimum atomic E-state index is -0.182. The van der Waals surface area contributed by atoms with Crippen molar-refractivity contribution < 1.29 is 13.9 Å². The molecule has 0 saturated heterocycles. The number of aromatic nitrogens is 2. The lowest BCUT2D eigenvalue weighted by molar-refractivity contribution is 0.104. The third-order valence-corrected chi connectivity index (χ3v) is 2.31. The Kier molecular flexibility index (Phi) is 4.54. The zero-order valence-electron chi connectivity index (χ0n) is 9.91. The molecular formula is C12H15N3O3. The number of hydrogen-bond acceptors (Lipinski definition) is 4. The van der Waals surface area contributed by atoms with Crippen molar-refractivity contribution in [1.29, 1.82) is 0 Å². The van der Waals surface area contributed by atoms with E-state index >= 15 is 0 Å². The molecule has 18 heavy (non-hydrogen) atoms. The van der Waals surface area contributed by atoms with Crippen LogP contribution in [0.25, 0.3) is 0 Å². The van der Waals surface area contributed by atoms with Gasteiger partial charge in [-0.05, 0) is 18.6 Å². The van der Waals surface area contributed by atoms with Gasteiger partial charge in [0.1, 0.15) is 18.7 Å². The van der Waals surface area contributed by atoms with Gasteiger partial charge in [0.15, 0.2) is 0 Å². The van der Waals surface area contributed by atoms with E-state index in [0.29, 0.717) is 19.8 Å². The molecule has 2 rings (SSSR count). The summed E-state index contributed by atoms with van der Waals surface area (Å²) in [7, 11) is 0. The number of carbonyl (C=O) groups is 1. The van der Waals surface area contributed by atoms with E-state index in [1.165, 1.54) is 10.9 Å². The van der Waals surface area contributed by atoms with Crippen LogP contribution in [0.15, 0.2) is 41.5 Å². The summed E-state index contributed by atoms with van der Waals surface area (Å²) < 4.78 is 11.9. The van der Waals surface area contributed by atoms with Crippen molar-refractivity contribution >= 4 is 6.03 Å². The summed E-state index contributed by atoms with van der Waals surface area (Å²) in [6.45, 7) is 1.60. The van der Waals surface area contributed by atoms with Gasteiger partial charge in [0.05, 0.1) is 6.26 Å². The number of imidazole rings is 1. The number of hydrogen-bond donors (Lipinski definition) is 1. The Balaban J connectivity index is 1.52. The molecule has 2 aromatic heterocycles. The van der Waals surface area contributed by atoms with Crippen LogP contribution in [-0.4, -0.2) is 28.7 Å². The van der Waals surface area contributed by atoms with E-state index in [2.05, 4.69) is 10.3 Å². The molecule has 2 aromatic rings. The molecular weight excluding hydrogens is 234 g/mol. The SMILES string of the molecule is O=C(NCCCOCc1ccco1)n1ccnc1. The van der Waals surface area contributed by atoms with E-state index in [-0.39, 0.29) is 6.03 Å². The Morgan fingerprint density at radius 1 is 1.56 bits per heavy atom. The van der Waals surface area contributed by atoms with Gasteiger partial charge in [0.2, 0.25) is 0 Å². The zero-order valence-corrected chi connectivity index (χ0v) is 9.91. The minimum absolute atomic E-state index is 0.182. The molecule has 0 saturated carbocycles. The Bertz CT molecular complexity index is 451. The molecule has 96 valence electrons. The fourth-order valence-electron chi connectivity index (χ4n) is 1.41. The lowest BCUT2D eigenvalue weighted by Gasteiger charge is -2.05. The lowest BCUT2D eigenvalue weighted by atomic mass is 10.4. The van der Waals surface area contributed by atoms with Crippen LogP contribution in [-0.2, 0) is 11.3 Å². The fraction of sp³-hybridized carbons (Fsp3) is 0.333. The van der Waals surface area contributed by atoms with Gasteiger partial charge in [-0.15, -0.1) is 0 Å². The highest BCUT2D eigenvalue weighted by atomic mass is 16.5. The number of amides is 1. The normalized spacial score (nSPS) is 10.4. The molecule has 0 radical (unpaired) electrons. The minimum Gasteiger partial charge on any atom is -0.467 e. The van der Waals surface area contributed by atoms with Gasteiger partial charge >= 0.3 is 6.03 Å². The van der Waals surface area contributed by atoms with Crippen molar-refractivity contribution in [3.63, 3.8) is 0 Å². The van der Waals surface area contributed by atoms with E-state index in [9.17, 15) is 4.79 Å². The molecule has 0 aromatic carbocycles. The molecule has 1 amide bonds. The van der Waals surface area contributed by atoms with Crippen LogP contribution >= 0.6 is 0 Å². The molecule has 0 bridgehead atoms. The second-order valence-corrected chi connectivity index (χ2v) is 3.69. The molecule has 0 aliphatic carbocycles. The Morgan fingerprint density at radius 3 is 3.22 bits per heavy atom.